The number of halogens is 6. The molecule has 0 spiro atoms. The minimum atomic E-state index is -9.58. The summed E-state index contributed by atoms with van der Waals surface area (Å²) in [7, 11) is -9.58. The van der Waals surface area contributed by atoms with E-state index in [9.17, 15) is 24.2 Å². The van der Waals surface area contributed by atoms with Crippen molar-refractivity contribution in [2.45, 2.75) is 0 Å². The predicted molar refractivity (Wildman–Crippen MR) is 28.9 cm³/mol. The first-order valence-corrected chi connectivity index (χ1v) is 4.31. The molecule has 0 atom stereocenters. The molecule has 10 heavy (non-hydrogen) atoms. The molecule has 0 fully saturated rings. The zero-order valence-corrected chi connectivity index (χ0v) is 5.86. The van der Waals surface area contributed by atoms with Crippen LogP contribution in [0.1, 0.15) is 0 Å². The van der Waals surface area contributed by atoms with Gasteiger partial charge in [0.25, 0.3) is 10.2 Å². The average molecular weight is 205 g/mol. The molecule has 0 aromatic rings. The Morgan fingerprint density at radius 1 is 1.20 bits per heavy atom. The summed E-state index contributed by atoms with van der Waals surface area (Å²) in [5.74, 6) is -2.83. The van der Waals surface area contributed by atoms with Crippen molar-refractivity contribution in [3.8, 4) is 0 Å². The Hall–Kier alpha value is -0.0400. The van der Waals surface area contributed by atoms with Gasteiger partial charge in [0.05, 0.1) is 0 Å². The summed E-state index contributed by atoms with van der Waals surface area (Å²) in [5, 5.41) is -2.10. The molecule has 0 heterocycles. The van der Waals surface area contributed by atoms with Crippen molar-refractivity contribution in [3.05, 3.63) is 0 Å². The molecule has 0 aliphatic carbocycles. The van der Waals surface area contributed by atoms with Crippen molar-refractivity contribution in [1.29, 1.82) is 0 Å². The quantitative estimate of drug-likeness (QED) is 0.499. The maximum Gasteiger partial charge on any atom is 0.293 e. The van der Waals surface area contributed by atoms with Crippen molar-refractivity contribution in [2.24, 2.45) is 0 Å². The first kappa shape index (κ1) is 9.96. The summed E-state index contributed by atoms with van der Waals surface area (Å²) in [5.41, 5.74) is 0. The van der Waals surface area contributed by atoms with Crippen molar-refractivity contribution >= 4 is 27.1 Å². The van der Waals surface area contributed by atoms with Crippen LogP contribution in [0.15, 0.2) is 0 Å². The van der Waals surface area contributed by atoms with Gasteiger partial charge in [0.2, 0.25) is 5.24 Å². The number of rotatable bonds is 2. The van der Waals surface area contributed by atoms with Gasteiger partial charge in [0, 0.05) is 0 Å². The van der Waals surface area contributed by atoms with Crippen LogP contribution >= 0.6 is 21.8 Å². The first-order valence-electron chi connectivity index (χ1n) is 1.81. The molecule has 8 heteroatoms. The molecular formula is C2H2ClF5OS. The lowest BCUT2D eigenvalue weighted by molar-refractivity contribution is -0.109. The lowest BCUT2D eigenvalue weighted by Gasteiger charge is -2.38. The minimum Gasteiger partial charge on any atom is -0.280 e. The van der Waals surface area contributed by atoms with Crippen molar-refractivity contribution in [2.75, 3.05) is 5.75 Å². The molecule has 0 aliphatic rings. The van der Waals surface area contributed by atoms with Gasteiger partial charge in [-0.2, -0.15) is 0 Å². The molecule has 0 rings (SSSR count). The van der Waals surface area contributed by atoms with Gasteiger partial charge in [-0.25, -0.2) is 0 Å². The highest BCUT2D eigenvalue weighted by Crippen LogP contribution is 2.97. The van der Waals surface area contributed by atoms with Crippen LogP contribution in [0.25, 0.3) is 0 Å². The Balaban J connectivity index is 4.59. The lowest BCUT2D eigenvalue weighted by Crippen LogP contribution is -2.15. The summed E-state index contributed by atoms with van der Waals surface area (Å²) in [4.78, 5) is 9.46. The molecule has 0 aliphatic heterocycles. The Morgan fingerprint density at radius 3 is 1.50 bits per heavy atom. The number of carbonyl (C=O) groups excluding carboxylic acids is 1. The standard InChI is InChI=1S/C2H2ClF5OS/c3-2(9)1-10(4,5,6,7)8/h1H2. The van der Waals surface area contributed by atoms with E-state index in [0.29, 0.717) is 0 Å². The third kappa shape index (κ3) is 7.96. The Kier molecular flexibility index (Phi) is 1.57. The summed E-state index contributed by atoms with van der Waals surface area (Å²) < 4.78 is 55.8. The normalized spacial score (nSPS) is 19.4. The molecule has 0 aromatic heterocycles. The molecule has 0 saturated heterocycles. The van der Waals surface area contributed by atoms with E-state index < -0.39 is 21.2 Å². The Labute approximate surface area is 57.9 Å². The average Bonchev–Trinajstić information content (AvgIpc) is 1.12. The topological polar surface area (TPSA) is 17.1 Å². The fourth-order valence-electron chi connectivity index (χ4n) is 0.214. The summed E-state index contributed by atoms with van der Waals surface area (Å²) >= 11 is 4.13. The van der Waals surface area contributed by atoms with Crippen LogP contribution in [0.5, 0.6) is 0 Å². The third-order valence-electron chi connectivity index (χ3n) is 0.386. The smallest absolute Gasteiger partial charge is 0.280 e. The molecule has 0 amide bonds. The maximum absolute atomic E-state index is 11.2. The van der Waals surface area contributed by atoms with E-state index in [0.717, 1.165) is 0 Å². The van der Waals surface area contributed by atoms with Gasteiger partial charge >= 0.3 is 0 Å². The zero-order valence-electron chi connectivity index (χ0n) is 4.29. The fourth-order valence-corrected chi connectivity index (χ4v) is 1.26. The highest BCUT2D eigenvalue weighted by molar-refractivity contribution is 8.46. The molecule has 0 bridgehead atoms. The van der Waals surface area contributed by atoms with Gasteiger partial charge in [-0.1, -0.05) is 19.4 Å². The van der Waals surface area contributed by atoms with Crippen LogP contribution in [-0.2, 0) is 4.79 Å². The molecule has 0 saturated carbocycles. The van der Waals surface area contributed by atoms with E-state index in [2.05, 4.69) is 11.6 Å². The number of hydrogen-bond acceptors (Lipinski definition) is 1. The molecular weight excluding hydrogens is 203 g/mol. The largest absolute Gasteiger partial charge is 0.293 e. The molecule has 0 unspecified atom stereocenters. The molecule has 1 nitrogen and oxygen atoms in total. The predicted octanol–water partition coefficient (Wildman–Crippen LogP) is 3.05. The second-order valence-corrected chi connectivity index (χ2v) is 4.60. The van der Waals surface area contributed by atoms with Crippen molar-refractivity contribution < 1.29 is 24.2 Å². The molecule has 0 aromatic carbocycles. The van der Waals surface area contributed by atoms with Crippen LogP contribution in [0.2, 0.25) is 0 Å². The van der Waals surface area contributed by atoms with Crippen LogP contribution in [-0.4, -0.2) is 11.0 Å². The second kappa shape index (κ2) is 1.58. The number of hydrogen-bond donors (Lipinski definition) is 0. The third-order valence-corrected chi connectivity index (χ3v) is 1.49. The van der Waals surface area contributed by atoms with Gasteiger partial charge in [0.15, 0.2) is 5.75 Å². The van der Waals surface area contributed by atoms with Crippen LogP contribution in [0, 0.1) is 0 Å². The summed E-state index contributed by atoms with van der Waals surface area (Å²) in [6.07, 6.45) is 0. The maximum atomic E-state index is 11.2. The van der Waals surface area contributed by atoms with E-state index in [1.165, 1.54) is 0 Å². The van der Waals surface area contributed by atoms with E-state index in [4.69, 9.17) is 0 Å². The van der Waals surface area contributed by atoms with E-state index in [-0.39, 0.29) is 0 Å². The van der Waals surface area contributed by atoms with Crippen molar-refractivity contribution in [1.82, 2.24) is 0 Å². The number of carbonyl (C=O) groups is 1. The summed E-state index contributed by atoms with van der Waals surface area (Å²) in [6, 6.07) is 0. The van der Waals surface area contributed by atoms with Crippen LogP contribution in [0.4, 0.5) is 19.4 Å². The van der Waals surface area contributed by atoms with Crippen molar-refractivity contribution in [3.63, 3.8) is 0 Å². The summed E-state index contributed by atoms with van der Waals surface area (Å²) in [6.45, 7) is 0. The highest BCUT2D eigenvalue weighted by atomic mass is 35.5. The van der Waals surface area contributed by atoms with Gasteiger partial charge < -0.3 is 0 Å². The fraction of sp³-hybridized carbons (Fsp3) is 0.500. The van der Waals surface area contributed by atoms with E-state index in [1.807, 2.05) is 0 Å². The molecule has 0 radical (unpaired) electrons. The Bertz CT molecular complexity index is 167. The Morgan fingerprint density at radius 2 is 1.50 bits per heavy atom. The van der Waals surface area contributed by atoms with Crippen LogP contribution in [0.3, 0.4) is 0 Å². The van der Waals surface area contributed by atoms with Crippen LogP contribution < -0.4 is 0 Å². The molecule has 0 N–H and O–H groups in total. The van der Waals surface area contributed by atoms with Gasteiger partial charge in [-0.15, -0.1) is 0 Å². The SMILES string of the molecule is O=C(Cl)CS(F)(F)(F)(F)F. The van der Waals surface area contributed by atoms with E-state index in [1.54, 1.807) is 0 Å². The zero-order chi connectivity index (χ0) is 8.69. The van der Waals surface area contributed by atoms with E-state index >= 15 is 0 Å². The minimum absolute atomic E-state index is 2.10. The van der Waals surface area contributed by atoms with Gasteiger partial charge in [-0.3, -0.25) is 4.79 Å². The van der Waals surface area contributed by atoms with Gasteiger partial charge in [-0.05, 0) is 11.6 Å². The second-order valence-electron chi connectivity index (χ2n) is 1.63. The highest BCUT2D eigenvalue weighted by Gasteiger charge is 2.64. The lowest BCUT2D eigenvalue weighted by atomic mass is 10.9. The molecule has 64 valence electrons. The first-order chi connectivity index (χ1) is 3.89. The monoisotopic (exact) mass is 204 g/mol. The van der Waals surface area contributed by atoms with Gasteiger partial charge in [0.1, 0.15) is 0 Å².